The van der Waals surface area contributed by atoms with Gasteiger partial charge in [-0.3, -0.25) is 0 Å². The summed E-state index contributed by atoms with van der Waals surface area (Å²) in [4.78, 5) is 5.18. The third-order valence-corrected chi connectivity index (χ3v) is 10.0. The molecule has 3 heterocycles. The Balaban J connectivity index is 1.22. The summed E-state index contributed by atoms with van der Waals surface area (Å²) >= 11 is 3.62. The molecule has 2 nitrogen and oxygen atoms in total. The highest BCUT2D eigenvalue weighted by atomic mass is 32.1. The Kier molecular flexibility index (Phi) is 4.39. The number of nitrogens with zero attached hydrogens (tertiary/aromatic N) is 2. The Morgan fingerprint density at radius 2 is 1.23 bits per heavy atom. The Bertz CT molecular complexity index is 2390. The molecule has 0 aliphatic heterocycles. The quantitative estimate of drug-likeness (QED) is 0.216. The van der Waals surface area contributed by atoms with Crippen molar-refractivity contribution in [3.63, 3.8) is 0 Å². The normalized spacial score (nSPS) is 12.1. The molecule has 0 bridgehead atoms. The topological polar surface area (TPSA) is 17.8 Å². The lowest BCUT2D eigenvalue weighted by molar-refractivity contribution is 1.18. The van der Waals surface area contributed by atoms with Crippen molar-refractivity contribution in [2.75, 3.05) is 0 Å². The predicted octanol–water partition coefficient (Wildman–Crippen LogP) is 10.6. The number of thiazole rings is 1. The summed E-state index contributed by atoms with van der Waals surface area (Å²) < 4.78 is 6.24. The van der Waals surface area contributed by atoms with E-state index < -0.39 is 0 Å². The molecule has 0 N–H and O–H groups in total. The molecule has 9 aromatic rings. The monoisotopic (exact) mass is 532 g/mol. The number of aromatic nitrogens is 2. The lowest BCUT2D eigenvalue weighted by Gasteiger charge is -2.09. The third kappa shape index (κ3) is 3.10. The number of para-hydroxylation sites is 1. The molecule has 9 rings (SSSR count). The number of thiophene rings is 1. The molecule has 39 heavy (non-hydrogen) atoms. The first kappa shape index (κ1) is 21.4. The summed E-state index contributed by atoms with van der Waals surface area (Å²) in [6.45, 7) is 0. The lowest BCUT2D eigenvalue weighted by Crippen LogP contribution is -1.93. The van der Waals surface area contributed by atoms with Crippen molar-refractivity contribution in [2.24, 2.45) is 0 Å². The van der Waals surface area contributed by atoms with Crippen molar-refractivity contribution >= 4 is 85.6 Å². The zero-order chi connectivity index (χ0) is 25.5. The minimum absolute atomic E-state index is 1.06. The van der Waals surface area contributed by atoms with Crippen LogP contribution >= 0.6 is 22.7 Å². The highest BCUT2D eigenvalue weighted by Gasteiger charge is 2.16. The van der Waals surface area contributed by atoms with Crippen LogP contribution in [0.15, 0.2) is 121 Å². The molecule has 0 aliphatic rings. The Hall–Kier alpha value is -4.51. The van der Waals surface area contributed by atoms with Crippen molar-refractivity contribution < 1.29 is 0 Å². The van der Waals surface area contributed by atoms with E-state index in [1.54, 1.807) is 11.3 Å². The molecule has 0 unspecified atom stereocenters. The zero-order valence-electron chi connectivity index (χ0n) is 20.8. The Morgan fingerprint density at radius 1 is 0.513 bits per heavy atom. The molecular formula is C35H20N2S2. The van der Waals surface area contributed by atoms with Crippen molar-refractivity contribution in [1.82, 2.24) is 9.55 Å². The van der Waals surface area contributed by atoms with Crippen LogP contribution in [-0.2, 0) is 0 Å². The molecular weight excluding hydrogens is 513 g/mol. The average Bonchev–Trinajstić information content (AvgIpc) is 3.67. The minimum atomic E-state index is 1.06. The van der Waals surface area contributed by atoms with Gasteiger partial charge in [-0.2, -0.15) is 0 Å². The van der Waals surface area contributed by atoms with Gasteiger partial charge in [-0.25, -0.2) is 4.98 Å². The van der Waals surface area contributed by atoms with Gasteiger partial charge in [-0.1, -0.05) is 60.7 Å². The van der Waals surface area contributed by atoms with E-state index in [9.17, 15) is 0 Å². The molecule has 0 saturated heterocycles. The van der Waals surface area contributed by atoms with Crippen LogP contribution in [0.3, 0.4) is 0 Å². The molecule has 0 radical (unpaired) electrons. The van der Waals surface area contributed by atoms with E-state index in [-0.39, 0.29) is 0 Å². The van der Waals surface area contributed by atoms with Gasteiger partial charge in [0.05, 0.1) is 21.3 Å². The van der Waals surface area contributed by atoms with Crippen LogP contribution in [0.25, 0.3) is 79.2 Å². The summed E-state index contributed by atoms with van der Waals surface area (Å²) in [5.74, 6) is 0. The van der Waals surface area contributed by atoms with Gasteiger partial charge < -0.3 is 4.57 Å². The Labute approximate surface area is 232 Å². The van der Waals surface area contributed by atoms with Gasteiger partial charge in [0.15, 0.2) is 0 Å². The molecule has 3 aromatic heterocycles. The van der Waals surface area contributed by atoms with Crippen LogP contribution < -0.4 is 0 Å². The number of rotatable bonds is 2. The van der Waals surface area contributed by atoms with Gasteiger partial charge in [0.1, 0.15) is 5.01 Å². The number of hydrogen-bond donors (Lipinski definition) is 0. The van der Waals surface area contributed by atoms with E-state index in [0.717, 1.165) is 21.8 Å². The summed E-state index contributed by atoms with van der Waals surface area (Å²) in [6, 6.07) is 44.0. The van der Waals surface area contributed by atoms with Gasteiger partial charge in [0.2, 0.25) is 0 Å². The fourth-order valence-corrected chi connectivity index (χ4v) is 8.10. The van der Waals surface area contributed by atoms with E-state index in [1.807, 2.05) is 11.3 Å². The van der Waals surface area contributed by atoms with Crippen molar-refractivity contribution in [1.29, 1.82) is 0 Å². The van der Waals surface area contributed by atoms with Crippen LogP contribution in [-0.4, -0.2) is 9.55 Å². The zero-order valence-corrected chi connectivity index (χ0v) is 22.4. The van der Waals surface area contributed by atoms with Crippen LogP contribution in [0.5, 0.6) is 0 Å². The first-order chi connectivity index (χ1) is 19.3. The second-order valence-electron chi connectivity index (χ2n) is 10.0. The second kappa shape index (κ2) is 8.00. The fourth-order valence-electron chi connectivity index (χ4n) is 6.01. The number of fused-ring (bicyclic) bond motifs is 9. The van der Waals surface area contributed by atoms with Crippen molar-refractivity contribution in [3.8, 4) is 16.3 Å². The summed E-state index contributed by atoms with van der Waals surface area (Å²) in [6.07, 6.45) is 0. The van der Waals surface area contributed by atoms with Gasteiger partial charge in [0.25, 0.3) is 0 Å². The molecule has 0 saturated carbocycles. The summed E-state index contributed by atoms with van der Waals surface area (Å²) in [5.41, 5.74) is 5.88. The van der Waals surface area contributed by atoms with Crippen LogP contribution in [0.2, 0.25) is 0 Å². The van der Waals surface area contributed by atoms with Gasteiger partial charge in [-0.05, 0) is 71.4 Å². The number of hydrogen-bond acceptors (Lipinski definition) is 3. The lowest BCUT2D eigenvalue weighted by atomic mass is 10.1. The smallest absolute Gasteiger partial charge is 0.124 e. The highest BCUT2D eigenvalue weighted by Crippen LogP contribution is 2.41. The van der Waals surface area contributed by atoms with Crippen molar-refractivity contribution in [2.45, 2.75) is 0 Å². The fraction of sp³-hybridized carbons (Fsp3) is 0. The largest absolute Gasteiger partial charge is 0.309 e. The SMILES string of the molecule is c1ccc2cc3c(cc2c1)c1ccccc1n3-c1ccc(-c2nc3c(ccc4sc5ccccc5c43)s2)cc1. The maximum atomic E-state index is 5.18. The predicted molar refractivity (Wildman–Crippen MR) is 170 cm³/mol. The Morgan fingerprint density at radius 3 is 2.10 bits per heavy atom. The third-order valence-electron chi connectivity index (χ3n) is 7.81. The molecule has 4 heteroatoms. The van der Waals surface area contributed by atoms with Crippen LogP contribution in [0.4, 0.5) is 0 Å². The maximum Gasteiger partial charge on any atom is 0.124 e. The standard InChI is InChI=1S/C35H20N2S2/c1-2-8-23-20-29-27(19-22(23)7-1)25-9-3-5-11-28(25)37(29)24-15-13-21(14-16-24)35-36-34-32(39-35)18-17-31-33(34)26-10-4-6-12-30(26)38-31/h1-20H. The van der Waals surface area contributed by atoms with E-state index >= 15 is 0 Å². The summed E-state index contributed by atoms with van der Waals surface area (Å²) in [5, 5.41) is 8.73. The van der Waals surface area contributed by atoms with Crippen LogP contribution in [0, 0.1) is 0 Å². The van der Waals surface area contributed by atoms with E-state index in [2.05, 4.69) is 126 Å². The average molecular weight is 533 g/mol. The molecule has 0 amide bonds. The van der Waals surface area contributed by atoms with Crippen molar-refractivity contribution in [3.05, 3.63) is 121 Å². The minimum Gasteiger partial charge on any atom is -0.309 e. The first-order valence-electron chi connectivity index (χ1n) is 13.1. The summed E-state index contributed by atoms with van der Waals surface area (Å²) in [7, 11) is 0. The van der Waals surface area contributed by atoms with Gasteiger partial charge in [-0.15, -0.1) is 22.7 Å². The van der Waals surface area contributed by atoms with Crippen LogP contribution in [0.1, 0.15) is 0 Å². The number of benzene rings is 6. The van der Waals surface area contributed by atoms with Gasteiger partial charge in [0, 0.05) is 42.2 Å². The second-order valence-corrected chi connectivity index (χ2v) is 12.1. The molecule has 0 fully saturated rings. The van der Waals surface area contributed by atoms with Gasteiger partial charge >= 0.3 is 0 Å². The molecule has 0 spiro atoms. The molecule has 182 valence electrons. The molecule has 0 aliphatic carbocycles. The molecule has 0 atom stereocenters. The first-order valence-corrected chi connectivity index (χ1v) is 14.7. The van der Waals surface area contributed by atoms with E-state index in [0.29, 0.717) is 0 Å². The van der Waals surface area contributed by atoms with E-state index in [4.69, 9.17) is 4.98 Å². The highest BCUT2D eigenvalue weighted by molar-refractivity contribution is 7.26. The maximum absolute atomic E-state index is 5.18. The molecule has 6 aromatic carbocycles. The van der Waals surface area contributed by atoms with E-state index in [1.165, 1.54) is 57.5 Å².